The third-order valence-electron chi connectivity index (χ3n) is 7.11. The van der Waals surface area contributed by atoms with Crippen LogP contribution in [0.1, 0.15) is 62.0 Å². The van der Waals surface area contributed by atoms with Crippen molar-refractivity contribution in [2.45, 2.75) is 76.4 Å². The Morgan fingerprint density at radius 3 is 2.22 bits per heavy atom. The molecule has 1 saturated carbocycles. The third kappa shape index (κ3) is 5.65. The van der Waals surface area contributed by atoms with E-state index in [1.807, 2.05) is 19.9 Å². The molecule has 1 fully saturated rings. The van der Waals surface area contributed by atoms with Crippen LogP contribution in [0.3, 0.4) is 0 Å². The molecule has 0 radical (unpaired) electrons. The van der Waals surface area contributed by atoms with E-state index in [4.69, 9.17) is 9.47 Å². The van der Waals surface area contributed by atoms with E-state index in [2.05, 4.69) is 29.9 Å². The van der Waals surface area contributed by atoms with E-state index in [1.54, 1.807) is 57.4 Å². The maximum atomic E-state index is 13.6. The van der Waals surface area contributed by atoms with Crippen LogP contribution in [0.2, 0.25) is 0 Å². The summed E-state index contributed by atoms with van der Waals surface area (Å²) < 4.78 is 43.4. The predicted octanol–water partition coefficient (Wildman–Crippen LogP) is 3.44. The fraction of sp³-hybridized carbons (Fsp3) is 0.560. The first kappa shape index (κ1) is 27.1. The van der Waals surface area contributed by atoms with Gasteiger partial charge in [0.05, 0.1) is 23.5 Å². The molecule has 200 valence electrons. The van der Waals surface area contributed by atoms with Crippen LogP contribution in [-0.4, -0.2) is 69.8 Å². The molecule has 11 nitrogen and oxygen atoms in total. The number of hydrogen-bond donors (Lipinski definition) is 1. The minimum atomic E-state index is -3.91. The number of ether oxygens (including phenoxy) is 2. The van der Waals surface area contributed by atoms with Crippen LogP contribution in [-0.2, 0) is 19.5 Å². The molecule has 3 heterocycles. The van der Waals surface area contributed by atoms with Crippen LogP contribution in [0.25, 0.3) is 11.4 Å². The number of hydrogen-bond acceptors (Lipinski definition) is 9. The lowest BCUT2D eigenvalue weighted by Gasteiger charge is -2.38. The van der Waals surface area contributed by atoms with Crippen molar-refractivity contribution in [3.05, 3.63) is 47.8 Å². The quantitative estimate of drug-likeness (QED) is 0.442. The molecule has 0 aromatic carbocycles. The summed E-state index contributed by atoms with van der Waals surface area (Å²) in [6, 6.07) is 1.60. The second-order valence-corrected chi connectivity index (χ2v) is 11.7. The first-order valence-corrected chi connectivity index (χ1v) is 13.9. The summed E-state index contributed by atoms with van der Waals surface area (Å²) in [4.78, 5) is 13.0. The number of aromatic nitrogens is 6. The average Bonchev–Trinajstić information content (AvgIpc) is 3.29. The minimum Gasteiger partial charge on any atom is -0.379 e. The summed E-state index contributed by atoms with van der Waals surface area (Å²) in [5, 5.41) is 7.86. The van der Waals surface area contributed by atoms with Gasteiger partial charge in [0.15, 0.2) is 5.82 Å². The SMILES string of the molecule is CO[C@H]1CCC[C@@H](OC)C1n1c(NS(=O)(=O)[C@@H](C)[C@H](C)c2ncc(C)cn2)nnc1-c1cncc(C)c1. The molecular weight excluding hydrogens is 494 g/mol. The van der Waals surface area contributed by atoms with Crippen LogP contribution in [0, 0.1) is 13.8 Å². The molecule has 12 heteroatoms. The van der Waals surface area contributed by atoms with Crippen molar-refractivity contribution in [2.24, 2.45) is 0 Å². The van der Waals surface area contributed by atoms with Gasteiger partial charge in [-0.1, -0.05) is 6.92 Å². The van der Waals surface area contributed by atoms with E-state index >= 15 is 0 Å². The molecule has 3 aromatic heterocycles. The summed E-state index contributed by atoms with van der Waals surface area (Å²) in [5.41, 5.74) is 2.58. The van der Waals surface area contributed by atoms with E-state index in [9.17, 15) is 8.42 Å². The van der Waals surface area contributed by atoms with E-state index in [-0.39, 0.29) is 24.2 Å². The summed E-state index contributed by atoms with van der Waals surface area (Å²) in [6.45, 7) is 7.26. The maximum absolute atomic E-state index is 13.6. The molecule has 0 saturated heterocycles. The predicted molar refractivity (Wildman–Crippen MR) is 140 cm³/mol. The van der Waals surface area contributed by atoms with Gasteiger partial charge in [0.25, 0.3) is 0 Å². The fourth-order valence-electron chi connectivity index (χ4n) is 4.80. The second-order valence-electron chi connectivity index (χ2n) is 9.70. The number of sulfonamides is 1. The number of aryl methyl sites for hydroxylation is 2. The van der Waals surface area contributed by atoms with E-state index < -0.39 is 21.2 Å². The maximum Gasteiger partial charge on any atom is 0.239 e. The average molecular weight is 530 g/mol. The third-order valence-corrected chi connectivity index (χ3v) is 8.96. The van der Waals surface area contributed by atoms with Gasteiger partial charge in [0.2, 0.25) is 16.0 Å². The minimum absolute atomic E-state index is 0.108. The molecular formula is C25H35N7O4S. The summed E-state index contributed by atoms with van der Waals surface area (Å²) in [6.07, 6.45) is 8.91. The van der Waals surface area contributed by atoms with Crippen molar-refractivity contribution in [1.29, 1.82) is 0 Å². The lowest BCUT2D eigenvalue weighted by molar-refractivity contribution is -0.0547. The molecule has 0 spiro atoms. The molecule has 1 N–H and O–H groups in total. The van der Waals surface area contributed by atoms with Crippen molar-refractivity contribution in [1.82, 2.24) is 29.7 Å². The van der Waals surface area contributed by atoms with Crippen LogP contribution in [0.4, 0.5) is 5.95 Å². The molecule has 0 aliphatic heterocycles. The largest absolute Gasteiger partial charge is 0.379 e. The van der Waals surface area contributed by atoms with E-state index in [1.165, 1.54) is 0 Å². The normalized spacial score (nSPS) is 21.9. The zero-order valence-corrected chi connectivity index (χ0v) is 22.9. The Balaban J connectivity index is 1.76. The number of nitrogens with one attached hydrogen (secondary N) is 1. The molecule has 1 aliphatic rings. The Labute approximate surface area is 218 Å². The number of methoxy groups -OCH3 is 2. The van der Waals surface area contributed by atoms with Gasteiger partial charge >= 0.3 is 0 Å². The van der Waals surface area contributed by atoms with E-state index in [0.29, 0.717) is 11.6 Å². The highest BCUT2D eigenvalue weighted by atomic mass is 32.2. The zero-order chi connectivity index (χ0) is 26.7. The van der Waals surface area contributed by atoms with Gasteiger partial charge in [0.1, 0.15) is 5.82 Å². The summed E-state index contributed by atoms with van der Waals surface area (Å²) in [7, 11) is -0.596. The highest BCUT2D eigenvalue weighted by molar-refractivity contribution is 7.93. The van der Waals surface area contributed by atoms with Crippen molar-refractivity contribution in [3.8, 4) is 11.4 Å². The molecule has 3 aromatic rings. The van der Waals surface area contributed by atoms with Crippen molar-refractivity contribution in [2.75, 3.05) is 18.9 Å². The fourth-order valence-corrected chi connectivity index (χ4v) is 6.04. The van der Waals surface area contributed by atoms with Gasteiger partial charge in [-0.2, -0.15) is 0 Å². The van der Waals surface area contributed by atoms with Crippen molar-refractivity contribution < 1.29 is 17.9 Å². The Kier molecular flexibility index (Phi) is 8.20. The van der Waals surface area contributed by atoms with Gasteiger partial charge in [-0.25, -0.2) is 18.4 Å². The molecule has 0 amide bonds. The topological polar surface area (TPSA) is 134 Å². The number of rotatable bonds is 9. The van der Waals surface area contributed by atoms with E-state index in [0.717, 1.165) is 36.0 Å². The molecule has 5 atom stereocenters. The Hall–Kier alpha value is -2.96. The monoisotopic (exact) mass is 529 g/mol. The summed E-state index contributed by atoms with van der Waals surface area (Å²) >= 11 is 0. The Morgan fingerprint density at radius 1 is 0.973 bits per heavy atom. The number of anilines is 1. The molecule has 1 aliphatic carbocycles. The van der Waals surface area contributed by atoms with Gasteiger partial charge in [0, 0.05) is 50.5 Å². The second kappa shape index (κ2) is 11.2. The number of nitrogens with zero attached hydrogens (tertiary/aromatic N) is 6. The van der Waals surface area contributed by atoms with Crippen LogP contribution in [0.5, 0.6) is 0 Å². The van der Waals surface area contributed by atoms with Gasteiger partial charge in [-0.15, -0.1) is 10.2 Å². The van der Waals surface area contributed by atoms with Crippen LogP contribution in [0.15, 0.2) is 30.9 Å². The lowest BCUT2D eigenvalue weighted by Crippen LogP contribution is -2.41. The van der Waals surface area contributed by atoms with Crippen LogP contribution >= 0.6 is 0 Å². The Bertz CT molecular complexity index is 1300. The van der Waals surface area contributed by atoms with Gasteiger partial charge < -0.3 is 9.47 Å². The highest BCUT2D eigenvalue weighted by Crippen LogP contribution is 2.38. The smallest absolute Gasteiger partial charge is 0.239 e. The molecule has 0 bridgehead atoms. The highest BCUT2D eigenvalue weighted by Gasteiger charge is 2.40. The first-order chi connectivity index (χ1) is 17.7. The molecule has 1 unspecified atom stereocenters. The zero-order valence-electron chi connectivity index (χ0n) is 22.1. The first-order valence-electron chi connectivity index (χ1n) is 12.4. The number of pyridine rings is 1. The molecule has 4 rings (SSSR count). The van der Waals surface area contributed by atoms with Crippen LogP contribution < -0.4 is 4.72 Å². The standard InChI is InChI=1S/C25H35N7O4S/c1-15-10-19(14-26-11-15)24-29-30-25(32(24)22-20(35-5)8-7-9-21(22)36-6)31-37(33,34)18(4)17(3)23-27-12-16(2)13-28-23/h10-14,17-18,20-22H,7-9H2,1-6H3,(H,30,31)/t17-,18-,20-,21+,22?/m0/s1. The Morgan fingerprint density at radius 2 is 1.62 bits per heavy atom. The summed E-state index contributed by atoms with van der Waals surface area (Å²) in [5.74, 6) is 0.606. The molecule has 37 heavy (non-hydrogen) atoms. The van der Waals surface area contributed by atoms with Gasteiger partial charge in [-0.3, -0.25) is 14.3 Å². The van der Waals surface area contributed by atoms with Crippen molar-refractivity contribution >= 4 is 16.0 Å². The van der Waals surface area contributed by atoms with Crippen molar-refractivity contribution in [3.63, 3.8) is 0 Å². The lowest BCUT2D eigenvalue weighted by atomic mass is 9.89. The van der Waals surface area contributed by atoms with Gasteiger partial charge in [-0.05, 0) is 57.2 Å².